The summed E-state index contributed by atoms with van der Waals surface area (Å²) in [7, 11) is 0. The molecular formula is C7H12N4. The van der Waals surface area contributed by atoms with Crippen LogP contribution in [0.1, 0.15) is 31.5 Å². The molecule has 11 heavy (non-hydrogen) atoms. The van der Waals surface area contributed by atoms with Crippen molar-refractivity contribution in [3.63, 3.8) is 0 Å². The number of hydrogen-bond acceptors (Lipinski definition) is 3. The van der Waals surface area contributed by atoms with Crippen LogP contribution in [0.15, 0.2) is 6.33 Å². The molecule has 1 saturated carbocycles. The SMILES string of the molecule is NC1(c2ncn[nH]2)CCCC1. The first kappa shape index (κ1) is 6.79. The molecule has 1 heterocycles. The Hall–Kier alpha value is -0.900. The van der Waals surface area contributed by atoms with Gasteiger partial charge in [0.2, 0.25) is 0 Å². The first-order chi connectivity index (χ1) is 5.31. The summed E-state index contributed by atoms with van der Waals surface area (Å²) in [6, 6.07) is 0. The highest BCUT2D eigenvalue weighted by Crippen LogP contribution is 2.33. The van der Waals surface area contributed by atoms with Crippen molar-refractivity contribution in [2.45, 2.75) is 31.2 Å². The van der Waals surface area contributed by atoms with E-state index in [1.165, 1.54) is 19.2 Å². The number of H-pyrrole nitrogens is 1. The number of aromatic nitrogens is 3. The van der Waals surface area contributed by atoms with Crippen LogP contribution in [0.3, 0.4) is 0 Å². The molecule has 0 spiro atoms. The summed E-state index contributed by atoms with van der Waals surface area (Å²) >= 11 is 0. The molecular weight excluding hydrogens is 140 g/mol. The zero-order valence-electron chi connectivity index (χ0n) is 6.38. The minimum absolute atomic E-state index is 0.212. The summed E-state index contributed by atoms with van der Waals surface area (Å²) in [5, 5.41) is 6.63. The second-order valence-corrected chi connectivity index (χ2v) is 3.20. The molecule has 1 aromatic rings. The van der Waals surface area contributed by atoms with Crippen molar-refractivity contribution in [3.05, 3.63) is 12.2 Å². The predicted octanol–water partition coefficient (Wildman–Crippen LogP) is 0.533. The van der Waals surface area contributed by atoms with Gasteiger partial charge in [-0.2, -0.15) is 5.10 Å². The van der Waals surface area contributed by atoms with Crippen molar-refractivity contribution in [3.8, 4) is 0 Å². The van der Waals surface area contributed by atoms with Gasteiger partial charge in [-0.25, -0.2) is 4.98 Å². The Labute approximate surface area is 65.2 Å². The van der Waals surface area contributed by atoms with Crippen LogP contribution in [0.5, 0.6) is 0 Å². The van der Waals surface area contributed by atoms with Gasteiger partial charge in [-0.15, -0.1) is 0 Å². The Morgan fingerprint density at radius 1 is 1.45 bits per heavy atom. The van der Waals surface area contributed by atoms with E-state index in [1.54, 1.807) is 0 Å². The van der Waals surface area contributed by atoms with Crippen molar-refractivity contribution >= 4 is 0 Å². The highest BCUT2D eigenvalue weighted by molar-refractivity contribution is 5.04. The normalized spacial score (nSPS) is 22.3. The quantitative estimate of drug-likeness (QED) is 0.617. The van der Waals surface area contributed by atoms with Crippen molar-refractivity contribution < 1.29 is 0 Å². The van der Waals surface area contributed by atoms with E-state index in [-0.39, 0.29) is 5.54 Å². The third-order valence-electron chi connectivity index (χ3n) is 2.38. The van der Waals surface area contributed by atoms with E-state index < -0.39 is 0 Å². The lowest BCUT2D eigenvalue weighted by Crippen LogP contribution is -2.34. The fourth-order valence-electron chi connectivity index (χ4n) is 1.69. The van der Waals surface area contributed by atoms with Gasteiger partial charge in [0.05, 0.1) is 5.54 Å². The Kier molecular flexibility index (Phi) is 1.42. The zero-order valence-corrected chi connectivity index (χ0v) is 6.38. The first-order valence-corrected chi connectivity index (χ1v) is 3.96. The third kappa shape index (κ3) is 1.03. The maximum atomic E-state index is 6.09. The summed E-state index contributed by atoms with van der Waals surface area (Å²) in [5.74, 6) is 0.843. The summed E-state index contributed by atoms with van der Waals surface area (Å²) < 4.78 is 0. The molecule has 0 aliphatic heterocycles. The molecule has 1 aromatic heterocycles. The van der Waals surface area contributed by atoms with Crippen molar-refractivity contribution in [2.24, 2.45) is 5.73 Å². The highest BCUT2D eigenvalue weighted by atomic mass is 15.2. The molecule has 2 rings (SSSR count). The molecule has 0 amide bonds. The van der Waals surface area contributed by atoms with Crippen LogP contribution in [0.25, 0.3) is 0 Å². The van der Waals surface area contributed by atoms with E-state index in [4.69, 9.17) is 5.73 Å². The lowest BCUT2D eigenvalue weighted by atomic mass is 9.99. The summed E-state index contributed by atoms with van der Waals surface area (Å²) in [4.78, 5) is 4.08. The average Bonchev–Trinajstić information content (AvgIpc) is 2.55. The van der Waals surface area contributed by atoms with Crippen LogP contribution < -0.4 is 5.73 Å². The van der Waals surface area contributed by atoms with E-state index in [0.717, 1.165) is 18.7 Å². The van der Waals surface area contributed by atoms with Gasteiger partial charge >= 0.3 is 0 Å². The smallest absolute Gasteiger partial charge is 0.144 e. The monoisotopic (exact) mass is 152 g/mol. The summed E-state index contributed by atoms with van der Waals surface area (Å²) in [6.45, 7) is 0. The minimum Gasteiger partial charge on any atom is -0.319 e. The van der Waals surface area contributed by atoms with Gasteiger partial charge in [-0.1, -0.05) is 12.8 Å². The van der Waals surface area contributed by atoms with E-state index in [9.17, 15) is 0 Å². The van der Waals surface area contributed by atoms with Gasteiger partial charge in [0, 0.05) is 0 Å². The Morgan fingerprint density at radius 2 is 2.18 bits per heavy atom. The van der Waals surface area contributed by atoms with Gasteiger partial charge in [0.1, 0.15) is 12.2 Å². The van der Waals surface area contributed by atoms with E-state index in [2.05, 4.69) is 15.2 Å². The lowest BCUT2D eigenvalue weighted by Gasteiger charge is -2.19. The molecule has 1 fully saturated rings. The van der Waals surface area contributed by atoms with Gasteiger partial charge in [0.25, 0.3) is 0 Å². The van der Waals surface area contributed by atoms with Crippen molar-refractivity contribution in [2.75, 3.05) is 0 Å². The van der Waals surface area contributed by atoms with Gasteiger partial charge in [-0.3, -0.25) is 5.10 Å². The standard InChI is InChI=1S/C7H12N4/c8-7(3-1-2-4-7)6-9-5-10-11-6/h5H,1-4,8H2,(H,9,10,11). The molecule has 3 N–H and O–H groups in total. The van der Waals surface area contributed by atoms with E-state index in [1.807, 2.05) is 0 Å². The maximum absolute atomic E-state index is 6.09. The van der Waals surface area contributed by atoms with E-state index in [0.29, 0.717) is 0 Å². The number of nitrogens with one attached hydrogen (secondary N) is 1. The number of hydrogen-bond donors (Lipinski definition) is 2. The van der Waals surface area contributed by atoms with Crippen molar-refractivity contribution in [1.82, 2.24) is 15.2 Å². The molecule has 4 heteroatoms. The molecule has 0 aromatic carbocycles. The second-order valence-electron chi connectivity index (χ2n) is 3.20. The Bertz CT molecular complexity index is 223. The van der Waals surface area contributed by atoms with Crippen molar-refractivity contribution in [1.29, 1.82) is 0 Å². The number of rotatable bonds is 1. The zero-order chi connectivity index (χ0) is 7.73. The van der Waals surface area contributed by atoms with E-state index >= 15 is 0 Å². The predicted molar refractivity (Wildman–Crippen MR) is 40.7 cm³/mol. The van der Waals surface area contributed by atoms with Crippen LogP contribution in [0, 0.1) is 0 Å². The molecule has 0 radical (unpaired) electrons. The lowest BCUT2D eigenvalue weighted by molar-refractivity contribution is 0.433. The Balaban J connectivity index is 2.27. The van der Waals surface area contributed by atoms with Gasteiger partial charge in [-0.05, 0) is 12.8 Å². The molecule has 60 valence electrons. The second kappa shape index (κ2) is 2.30. The average molecular weight is 152 g/mol. The molecule has 1 aliphatic carbocycles. The number of nitrogens with two attached hydrogens (primary N) is 1. The van der Waals surface area contributed by atoms with Crippen LogP contribution >= 0.6 is 0 Å². The first-order valence-electron chi connectivity index (χ1n) is 3.96. The molecule has 0 saturated heterocycles. The fraction of sp³-hybridized carbons (Fsp3) is 0.714. The van der Waals surface area contributed by atoms with Gasteiger partial charge < -0.3 is 5.73 Å². The maximum Gasteiger partial charge on any atom is 0.144 e. The van der Waals surface area contributed by atoms with Gasteiger partial charge in [0.15, 0.2) is 0 Å². The highest BCUT2D eigenvalue weighted by Gasteiger charge is 2.33. The fourth-order valence-corrected chi connectivity index (χ4v) is 1.69. The van der Waals surface area contributed by atoms with Crippen LogP contribution in [0.4, 0.5) is 0 Å². The third-order valence-corrected chi connectivity index (χ3v) is 2.38. The molecule has 0 atom stereocenters. The summed E-state index contributed by atoms with van der Waals surface area (Å²) in [6.07, 6.45) is 5.99. The number of nitrogens with zero attached hydrogens (tertiary/aromatic N) is 2. The van der Waals surface area contributed by atoms with Crippen LogP contribution in [-0.2, 0) is 5.54 Å². The van der Waals surface area contributed by atoms with Crippen LogP contribution in [-0.4, -0.2) is 15.2 Å². The molecule has 1 aliphatic rings. The Morgan fingerprint density at radius 3 is 2.73 bits per heavy atom. The largest absolute Gasteiger partial charge is 0.319 e. The molecule has 0 bridgehead atoms. The summed E-state index contributed by atoms with van der Waals surface area (Å²) in [5.41, 5.74) is 5.88. The number of aromatic amines is 1. The molecule has 4 nitrogen and oxygen atoms in total. The van der Waals surface area contributed by atoms with Crippen LogP contribution in [0.2, 0.25) is 0 Å². The topological polar surface area (TPSA) is 67.6 Å². The molecule has 0 unspecified atom stereocenters. The minimum atomic E-state index is -0.212.